The lowest BCUT2D eigenvalue weighted by atomic mass is 10.4. The SMILES string of the molecule is C=CCn1ncc(NCCS(C)(=O)=O)c(Cl)c1=O. The molecule has 8 heteroatoms. The van der Waals surface area contributed by atoms with Crippen LogP contribution in [0, 0.1) is 0 Å². The molecule has 0 spiro atoms. The minimum Gasteiger partial charge on any atom is -0.381 e. The van der Waals surface area contributed by atoms with Crippen LogP contribution >= 0.6 is 11.6 Å². The number of nitrogens with zero attached hydrogens (tertiary/aromatic N) is 2. The van der Waals surface area contributed by atoms with Crippen LogP contribution in [0.4, 0.5) is 5.69 Å². The first-order valence-corrected chi connectivity index (χ1v) is 7.57. The van der Waals surface area contributed by atoms with Gasteiger partial charge in [0.15, 0.2) is 0 Å². The number of allylic oxidation sites excluding steroid dienone is 1. The van der Waals surface area contributed by atoms with E-state index in [1.54, 1.807) is 0 Å². The predicted molar refractivity (Wildman–Crippen MR) is 71.9 cm³/mol. The van der Waals surface area contributed by atoms with E-state index < -0.39 is 15.4 Å². The molecule has 0 amide bonds. The molecule has 0 aliphatic rings. The smallest absolute Gasteiger partial charge is 0.287 e. The molecule has 1 aromatic rings. The van der Waals surface area contributed by atoms with E-state index in [0.29, 0.717) is 5.69 Å². The Kier molecular flexibility index (Phi) is 4.92. The lowest BCUT2D eigenvalue weighted by molar-refractivity contribution is 0.602. The maximum Gasteiger partial charge on any atom is 0.287 e. The number of aromatic nitrogens is 2. The van der Waals surface area contributed by atoms with Gasteiger partial charge in [-0.1, -0.05) is 17.7 Å². The van der Waals surface area contributed by atoms with Crippen LogP contribution in [-0.2, 0) is 16.4 Å². The molecule has 0 unspecified atom stereocenters. The first kappa shape index (κ1) is 14.7. The van der Waals surface area contributed by atoms with Crippen molar-refractivity contribution in [2.24, 2.45) is 0 Å². The third kappa shape index (κ3) is 4.15. The van der Waals surface area contributed by atoms with Crippen LogP contribution in [0.2, 0.25) is 5.02 Å². The van der Waals surface area contributed by atoms with Crippen LogP contribution in [0.5, 0.6) is 0 Å². The Hall–Kier alpha value is -1.34. The van der Waals surface area contributed by atoms with Gasteiger partial charge in [0.1, 0.15) is 14.9 Å². The summed E-state index contributed by atoms with van der Waals surface area (Å²) in [5, 5.41) is 6.63. The highest BCUT2D eigenvalue weighted by molar-refractivity contribution is 7.90. The van der Waals surface area contributed by atoms with Gasteiger partial charge < -0.3 is 5.32 Å². The molecule has 100 valence electrons. The summed E-state index contributed by atoms with van der Waals surface area (Å²) in [5.74, 6) is -0.0426. The molecule has 0 aromatic carbocycles. The molecule has 0 aliphatic carbocycles. The Morgan fingerprint density at radius 1 is 1.61 bits per heavy atom. The van der Waals surface area contributed by atoms with Crippen molar-refractivity contribution in [3.63, 3.8) is 0 Å². The van der Waals surface area contributed by atoms with Crippen molar-refractivity contribution in [3.8, 4) is 0 Å². The van der Waals surface area contributed by atoms with Crippen LogP contribution in [0.25, 0.3) is 0 Å². The summed E-state index contributed by atoms with van der Waals surface area (Å²) in [5.41, 5.74) is -0.119. The van der Waals surface area contributed by atoms with Gasteiger partial charge in [0.25, 0.3) is 5.56 Å². The first-order valence-electron chi connectivity index (χ1n) is 5.13. The molecule has 1 N–H and O–H groups in total. The van der Waals surface area contributed by atoms with Crippen molar-refractivity contribution in [1.29, 1.82) is 0 Å². The van der Waals surface area contributed by atoms with E-state index in [9.17, 15) is 13.2 Å². The predicted octanol–water partition coefficient (Wildman–Crippen LogP) is 0.539. The van der Waals surface area contributed by atoms with E-state index in [0.717, 1.165) is 10.9 Å². The Morgan fingerprint density at radius 2 is 2.28 bits per heavy atom. The fourth-order valence-corrected chi connectivity index (χ4v) is 1.90. The van der Waals surface area contributed by atoms with Gasteiger partial charge in [-0.05, 0) is 0 Å². The van der Waals surface area contributed by atoms with Crippen molar-refractivity contribution >= 4 is 27.1 Å². The van der Waals surface area contributed by atoms with E-state index in [1.165, 1.54) is 12.3 Å². The zero-order valence-corrected chi connectivity index (χ0v) is 11.5. The highest BCUT2D eigenvalue weighted by atomic mass is 35.5. The summed E-state index contributed by atoms with van der Waals surface area (Å²) in [4.78, 5) is 11.7. The molecule has 1 aromatic heterocycles. The zero-order valence-electron chi connectivity index (χ0n) is 9.89. The van der Waals surface area contributed by atoms with Gasteiger partial charge in [-0.15, -0.1) is 6.58 Å². The van der Waals surface area contributed by atoms with Gasteiger partial charge in [-0.2, -0.15) is 5.10 Å². The number of halogens is 1. The van der Waals surface area contributed by atoms with Crippen molar-refractivity contribution in [2.75, 3.05) is 23.9 Å². The van der Waals surface area contributed by atoms with Gasteiger partial charge >= 0.3 is 0 Å². The maximum atomic E-state index is 11.7. The normalized spacial score (nSPS) is 11.2. The van der Waals surface area contributed by atoms with E-state index in [2.05, 4.69) is 17.0 Å². The molecule has 0 atom stereocenters. The molecular weight excluding hydrogens is 278 g/mol. The van der Waals surface area contributed by atoms with Crippen LogP contribution in [0.3, 0.4) is 0 Å². The summed E-state index contributed by atoms with van der Waals surface area (Å²) in [6.07, 6.45) is 4.05. The lowest BCUT2D eigenvalue weighted by Crippen LogP contribution is -2.24. The second-order valence-electron chi connectivity index (χ2n) is 3.70. The minimum atomic E-state index is -3.06. The summed E-state index contributed by atoms with van der Waals surface area (Å²) < 4.78 is 23.1. The fraction of sp³-hybridized carbons (Fsp3) is 0.400. The first-order chi connectivity index (χ1) is 8.35. The van der Waals surface area contributed by atoms with Crippen molar-refractivity contribution in [3.05, 3.63) is 34.2 Å². The monoisotopic (exact) mass is 291 g/mol. The zero-order chi connectivity index (χ0) is 13.8. The van der Waals surface area contributed by atoms with Gasteiger partial charge in [-0.25, -0.2) is 13.1 Å². The van der Waals surface area contributed by atoms with Crippen molar-refractivity contribution in [2.45, 2.75) is 6.54 Å². The molecule has 1 heterocycles. The number of hydrogen-bond donors (Lipinski definition) is 1. The van der Waals surface area contributed by atoms with Gasteiger partial charge in [0.05, 0.1) is 24.2 Å². The Bertz CT molecular complexity index is 595. The summed E-state index contributed by atoms with van der Waals surface area (Å²) in [7, 11) is -3.06. The number of anilines is 1. The van der Waals surface area contributed by atoms with Crippen molar-refractivity contribution < 1.29 is 8.42 Å². The Labute approximate surface area is 110 Å². The topological polar surface area (TPSA) is 81.1 Å². The molecule has 0 bridgehead atoms. The molecule has 1 rings (SSSR count). The molecule has 0 aliphatic heterocycles. The summed E-state index contributed by atoms with van der Waals surface area (Å²) >= 11 is 5.86. The summed E-state index contributed by atoms with van der Waals surface area (Å²) in [6.45, 7) is 3.94. The largest absolute Gasteiger partial charge is 0.381 e. The molecule has 0 saturated heterocycles. The molecule has 0 radical (unpaired) electrons. The summed E-state index contributed by atoms with van der Waals surface area (Å²) in [6, 6.07) is 0. The average molecular weight is 292 g/mol. The van der Waals surface area contributed by atoms with Crippen molar-refractivity contribution in [1.82, 2.24) is 9.78 Å². The third-order valence-electron chi connectivity index (χ3n) is 2.08. The molecular formula is C10H14ClN3O3S. The van der Waals surface area contributed by atoms with Crippen LogP contribution in [0.1, 0.15) is 0 Å². The third-order valence-corrected chi connectivity index (χ3v) is 3.39. The van der Waals surface area contributed by atoms with E-state index in [1.807, 2.05) is 0 Å². The average Bonchev–Trinajstić information content (AvgIpc) is 2.27. The van der Waals surface area contributed by atoms with Crippen LogP contribution in [-0.4, -0.2) is 36.8 Å². The molecule has 0 saturated carbocycles. The minimum absolute atomic E-state index is 0.0136. The maximum absolute atomic E-state index is 11.7. The fourth-order valence-electron chi connectivity index (χ4n) is 1.21. The standard InChI is InChI=1S/C10H14ClN3O3S/c1-3-5-14-10(15)9(11)8(7-13-14)12-4-6-18(2,16)17/h3,7,12H,1,4-6H2,2H3. The van der Waals surface area contributed by atoms with E-state index >= 15 is 0 Å². The number of hydrogen-bond acceptors (Lipinski definition) is 5. The van der Waals surface area contributed by atoms with E-state index in [4.69, 9.17) is 11.6 Å². The van der Waals surface area contributed by atoms with Crippen LogP contribution < -0.4 is 10.9 Å². The van der Waals surface area contributed by atoms with Gasteiger partial charge in [0, 0.05) is 12.8 Å². The highest BCUT2D eigenvalue weighted by Crippen LogP contribution is 2.14. The number of rotatable bonds is 6. The highest BCUT2D eigenvalue weighted by Gasteiger charge is 2.09. The Balaban J connectivity index is 2.83. The van der Waals surface area contributed by atoms with Gasteiger partial charge in [0.2, 0.25) is 0 Å². The second-order valence-corrected chi connectivity index (χ2v) is 6.34. The second kappa shape index (κ2) is 6.01. The van der Waals surface area contributed by atoms with E-state index in [-0.39, 0.29) is 23.9 Å². The van der Waals surface area contributed by atoms with Gasteiger partial charge in [-0.3, -0.25) is 4.79 Å². The number of sulfone groups is 1. The molecule has 0 fully saturated rings. The Morgan fingerprint density at radius 3 is 2.83 bits per heavy atom. The lowest BCUT2D eigenvalue weighted by Gasteiger charge is -2.08. The molecule has 6 nitrogen and oxygen atoms in total. The molecule has 18 heavy (non-hydrogen) atoms. The van der Waals surface area contributed by atoms with Crippen LogP contribution in [0.15, 0.2) is 23.6 Å². The number of nitrogens with one attached hydrogen (secondary N) is 1. The quantitative estimate of drug-likeness (QED) is 0.774.